The van der Waals surface area contributed by atoms with Gasteiger partial charge in [0.05, 0.1) is 32.4 Å². The molecule has 5 aliphatic heterocycles. The molecule has 10 atom stereocenters. The summed E-state index contributed by atoms with van der Waals surface area (Å²) in [4.78, 5) is 54.1. The molecule has 18 nitrogen and oxygen atoms in total. The number of nitrogens with zero attached hydrogens (tertiary/aromatic N) is 3. The number of aromatic amines is 1. The molecule has 1 spiro atoms. The lowest BCUT2D eigenvalue weighted by Gasteiger charge is -2.63. The number of esters is 2. The Kier molecular flexibility index (Phi) is 20.7. The summed E-state index contributed by atoms with van der Waals surface area (Å²) in [6.45, 7) is 9.49. The van der Waals surface area contributed by atoms with Gasteiger partial charge in [0.15, 0.2) is 5.60 Å². The minimum absolute atomic E-state index is 0.0302. The van der Waals surface area contributed by atoms with Crippen molar-refractivity contribution in [3.8, 4) is 5.75 Å². The predicted octanol–water partition coefficient (Wildman–Crippen LogP) is 8.52. The number of aromatic nitrogens is 1. The average molecular weight is 1160 g/mol. The second-order valence-corrected chi connectivity index (χ2v) is 25.6. The van der Waals surface area contributed by atoms with Gasteiger partial charge in [-0.05, 0) is 80.7 Å². The summed E-state index contributed by atoms with van der Waals surface area (Å²) in [6, 6.07) is 11.0. The number of carbonyl (C=O) groups is 3. The number of likely N-dealkylation sites (N-methyl/N-ethyl adjacent to an activating group) is 1. The van der Waals surface area contributed by atoms with E-state index in [1.54, 1.807) is 7.11 Å². The maximum absolute atomic E-state index is 15.5. The molecule has 1 unspecified atom stereocenters. The van der Waals surface area contributed by atoms with E-state index in [4.69, 9.17) is 31.7 Å². The van der Waals surface area contributed by atoms with Crippen LogP contribution in [0.2, 0.25) is 0 Å². The van der Waals surface area contributed by atoms with Crippen LogP contribution < -0.4 is 15.0 Å². The third-order valence-corrected chi connectivity index (χ3v) is 19.8. The highest BCUT2D eigenvalue weighted by atomic mass is 32.3. The number of aliphatic hydroxyl groups is 3. The number of anilines is 1. The second kappa shape index (κ2) is 26.8. The highest BCUT2D eigenvalue weighted by Crippen LogP contribution is 2.67. The fraction of sp³-hybridized carbons (Fsp3) is 0.698. The van der Waals surface area contributed by atoms with Crippen molar-refractivity contribution in [2.45, 2.75) is 202 Å². The van der Waals surface area contributed by atoms with Gasteiger partial charge >= 0.3 is 22.3 Å². The second-order valence-electron chi connectivity index (χ2n) is 24.7. The molecule has 7 N–H and O–H groups in total. The Bertz CT molecular complexity index is 2840. The molecule has 0 radical (unpaired) electrons. The van der Waals surface area contributed by atoms with Gasteiger partial charge < -0.3 is 44.7 Å². The van der Waals surface area contributed by atoms with Crippen LogP contribution in [-0.4, -0.2) is 162 Å². The average Bonchev–Trinajstić information content (AvgIpc) is 2.31. The fourth-order valence-electron chi connectivity index (χ4n) is 16.2. The van der Waals surface area contributed by atoms with Crippen LogP contribution in [0.5, 0.6) is 5.75 Å². The first-order chi connectivity index (χ1) is 39.2. The van der Waals surface area contributed by atoms with Gasteiger partial charge in [-0.15, -0.1) is 0 Å². The van der Waals surface area contributed by atoms with Crippen LogP contribution in [0.1, 0.15) is 178 Å². The predicted molar refractivity (Wildman–Crippen MR) is 317 cm³/mol. The molecule has 1 aliphatic carbocycles. The Balaban J connectivity index is 0.00000169. The number of methoxy groups -OCH3 is 2. The number of hydrogen-bond acceptors (Lipinski definition) is 14. The van der Waals surface area contributed by atoms with Gasteiger partial charge in [-0.1, -0.05) is 141 Å². The molecule has 456 valence electrons. The van der Waals surface area contributed by atoms with Crippen molar-refractivity contribution in [3.05, 3.63) is 70.9 Å². The zero-order valence-electron chi connectivity index (χ0n) is 49.7. The molecular formula is C63H95N5O13S. The zero-order chi connectivity index (χ0) is 59.1. The zero-order valence-corrected chi connectivity index (χ0v) is 50.5. The van der Waals surface area contributed by atoms with Crippen molar-refractivity contribution in [2.24, 2.45) is 11.3 Å². The van der Waals surface area contributed by atoms with Crippen molar-refractivity contribution in [1.82, 2.24) is 20.1 Å². The van der Waals surface area contributed by atoms with E-state index in [-0.39, 0.29) is 31.1 Å². The number of fused-ring (bicyclic) bond motifs is 6. The Morgan fingerprint density at radius 1 is 0.829 bits per heavy atom. The third-order valence-electron chi connectivity index (χ3n) is 19.8. The highest BCUT2D eigenvalue weighted by molar-refractivity contribution is 7.79. The van der Waals surface area contributed by atoms with E-state index in [1.165, 1.54) is 84.2 Å². The molecule has 2 saturated heterocycles. The van der Waals surface area contributed by atoms with E-state index >= 15 is 9.59 Å². The van der Waals surface area contributed by atoms with Gasteiger partial charge in [-0.3, -0.25) is 33.3 Å². The minimum atomic E-state index is -4.67. The summed E-state index contributed by atoms with van der Waals surface area (Å²) in [7, 11) is 0.276. The van der Waals surface area contributed by atoms with Crippen molar-refractivity contribution in [2.75, 3.05) is 72.0 Å². The fourth-order valence-corrected chi connectivity index (χ4v) is 16.2. The molecule has 2 bridgehead atoms. The molecule has 6 aliphatic rings. The Morgan fingerprint density at radius 3 is 2.10 bits per heavy atom. The van der Waals surface area contributed by atoms with E-state index < -0.39 is 61.9 Å². The first kappa shape index (κ1) is 63.4. The van der Waals surface area contributed by atoms with Gasteiger partial charge in [-0.2, -0.15) is 8.42 Å². The Hall–Kier alpha value is -4.60. The number of aliphatic hydroxyl groups excluding tert-OH is 1. The Morgan fingerprint density at radius 2 is 1.48 bits per heavy atom. The van der Waals surface area contributed by atoms with Crippen molar-refractivity contribution in [1.29, 1.82) is 0 Å². The number of amides is 1. The quantitative estimate of drug-likeness (QED) is 0.0182. The van der Waals surface area contributed by atoms with Gasteiger partial charge in [0, 0.05) is 90.4 Å². The van der Waals surface area contributed by atoms with Crippen LogP contribution in [0.3, 0.4) is 0 Å². The topological polar surface area (TPSA) is 252 Å². The van der Waals surface area contributed by atoms with Crippen LogP contribution in [-0.2, 0) is 51.5 Å². The van der Waals surface area contributed by atoms with E-state index in [0.29, 0.717) is 89.0 Å². The van der Waals surface area contributed by atoms with Crippen molar-refractivity contribution >= 4 is 44.8 Å². The van der Waals surface area contributed by atoms with Gasteiger partial charge in [0.2, 0.25) is 0 Å². The lowest BCUT2D eigenvalue weighted by molar-refractivity contribution is -0.203. The highest BCUT2D eigenvalue weighted by Gasteiger charge is 2.78. The molecule has 82 heavy (non-hydrogen) atoms. The number of H-pyrrole nitrogens is 1. The van der Waals surface area contributed by atoms with Crippen LogP contribution in [0.4, 0.5) is 5.69 Å². The van der Waals surface area contributed by atoms with E-state index in [0.717, 1.165) is 52.7 Å². The molecule has 2 aromatic carbocycles. The standard InChI is InChI=1S/C63H93N5O9.H2O4S/c1-7-10-11-12-13-14-15-16-17-18-19-20-21-22-23-29-52(69)77-37-33-64-57(71)63(74)55-61(32-36-68-34-26-31-60(9-3,54(61)68)56(63)70)47-38-48(51(75-5)39-50(47)66(55)4)62(58(72)76-6)41-44-40-59(73,8-2)43-67(42-44)35-30-46-45-27-24-25-28-49(45)65-53(46)62;1-5(2,3)4/h24-28,31,38-39,44,54-56,65,70,73-74H,7-23,29-30,32-37,40-43H2,1-6H3,(H,64,71);(H2,1,2,3,4)/t44-,54+,55-,56-,59+,60-,61-,62+,63+;/m1./s1. The normalized spacial score (nSPS) is 29.9. The maximum atomic E-state index is 15.5. The number of carbonyl (C=O) groups excluding carboxylic acids is 3. The molecule has 1 amide bonds. The number of unbranched alkanes of at least 4 members (excludes halogenated alkanes) is 14. The number of hydrogen-bond donors (Lipinski definition) is 7. The number of benzene rings is 2. The minimum Gasteiger partial charge on any atom is -0.496 e. The molecular weight excluding hydrogens is 1070 g/mol. The van der Waals surface area contributed by atoms with Gasteiger partial charge in [0.1, 0.15) is 23.9 Å². The summed E-state index contributed by atoms with van der Waals surface area (Å²) < 4.78 is 49.7. The monoisotopic (exact) mass is 1160 g/mol. The summed E-state index contributed by atoms with van der Waals surface area (Å²) in [6.07, 6.45) is 24.7. The van der Waals surface area contributed by atoms with Crippen LogP contribution >= 0.6 is 0 Å². The molecule has 9 rings (SSSR count). The van der Waals surface area contributed by atoms with E-state index in [1.807, 2.05) is 56.1 Å². The number of piperidine rings is 1. The first-order valence-electron chi connectivity index (χ1n) is 30.8. The first-order valence-corrected chi connectivity index (χ1v) is 32.2. The molecule has 3 aromatic rings. The summed E-state index contributed by atoms with van der Waals surface area (Å²) >= 11 is 0. The van der Waals surface area contributed by atoms with Gasteiger partial charge in [0.25, 0.3) is 5.91 Å². The molecule has 1 aromatic heterocycles. The third kappa shape index (κ3) is 12.4. The Labute approximate surface area is 486 Å². The SMILES string of the molecule is CCCCCCCCCCCCCCCCCC(=O)OCCNC(=O)[C@@]1(O)[C@H](O)[C@]2(CC)C=CCN3CC[C@@]4(c5cc([C@@]6(C(=O)OC)C[C@@H]7CN(CCc8c6[nH]c6ccccc86)C[C@](O)(CC)C7)c(OC)cc5N(C)[C@@H]14)[C@@H]32.O=S(=O)(O)O. The summed E-state index contributed by atoms with van der Waals surface area (Å²) in [5.74, 6) is -1.12. The summed E-state index contributed by atoms with van der Waals surface area (Å²) in [5, 5.41) is 42.6. The van der Waals surface area contributed by atoms with E-state index in [2.05, 4.69) is 45.2 Å². The van der Waals surface area contributed by atoms with Crippen molar-refractivity contribution in [3.63, 3.8) is 0 Å². The summed E-state index contributed by atoms with van der Waals surface area (Å²) in [5.41, 5.74) is -1.77. The number of ether oxygens (including phenoxy) is 3. The van der Waals surface area contributed by atoms with Crippen molar-refractivity contribution < 1.29 is 61.4 Å². The van der Waals surface area contributed by atoms with Gasteiger partial charge in [-0.25, -0.2) is 0 Å². The number of nitrogens with one attached hydrogen (secondary N) is 2. The van der Waals surface area contributed by atoms with Crippen LogP contribution in [0, 0.1) is 11.3 Å². The molecule has 19 heteroatoms. The maximum Gasteiger partial charge on any atom is 0.394 e. The lowest BCUT2D eigenvalue weighted by atomic mass is 9.47. The lowest BCUT2D eigenvalue weighted by Crippen LogP contribution is -2.81. The van der Waals surface area contributed by atoms with Crippen LogP contribution in [0.25, 0.3) is 10.9 Å². The number of rotatable bonds is 25. The largest absolute Gasteiger partial charge is 0.496 e. The van der Waals surface area contributed by atoms with E-state index in [9.17, 15) is 20.1 Å². The van der Waals surface area contributed by atoms with Crippen LogP contribution in [0.15, 0.2) is 48.6 Å². The smallest absolute Gasteiger partial charge is 0.394 e. The molecule has 3 fully saturated rings. The molecule has 1 saturated carbocycles. The number of para-hydroxylation sites is 1. The molecule has 6 heterocycles.